The van der Waals surface area contributed by atoms with E-state index in [0.29, 0.717) is 0 Å². The molecule has 1 aliphatic carbocycles. The van der Waals surface area contributed by atoms with Gasteiger partial charge in [0.15, 0.2) is 0 Å². The van der Waals surface area contributed by atoms with E-state index in [9.17, 15) is 4.79 Å². The third-order valence-corrected chi connectivity index (χ3v) is 5.70. The molecule has 146 valence electrons. The Balaban J connectivity index is 1.54. The van der Waals surface area contributed by atoms with Crippen LogP contribution in [0.4, 0.5) is 0 Å². The molecule has 4 rings (SSSR count). The number of hydrogen-bond acceptors (Lipinski definition) is 3. The Morgan fingerprint density at radius 3 is 2.00 bits per heavy atom. The molecule has 0 radical (unpaired) electrons. The van der Waals surface area contributed by atoms with E-state index in [0.717, 1.165) is 23.4 Å². The standard InChI is InChI=1S/C25H24N2O2/c1-18(19-13-15-22(29-2)16-14-19)26-27-24(28)23-17-25(23,20-9-5-3-6-10-20)21-11-7-4-8-12-21/h3-16,23H,17H2,1-2H3,(H,27,28)/b26-18+. The van der Waals surface area contributed by atoms with Gasteiger partial charge >= 0.3 is 0 Å². The molecule has 0 saturated heterocycles. The molecule has 1 aliphatic rings. The summed E-state index contributed by atoms with van der Waals surface area (Å²) in [5, 5.41) is 4.34. The maximum Gasteiger partial charge on any atom is 0.244 e. The number of nitrogens with zero attached hydrogens (tertiary/aromatic N) is 1. The molecule has 0 aromatic heterocycles. The van der Waals surface area contributed by atoms with E-state index in [2.05, 4.69) is 34.8 Å². The summed E-state index contributed by atoms with van der Waals surface area (Å²) >= 11 is 0. The first-order valence-corrected chi connectivity index (χ1v) is 9.75. The van der Waals surface area contributed by atoms with Crippen LogP contribution in [0.25, 0.3) is 0 Å². The molecule has 3 aromatic carbocycles. The molecule has 4 heteroatoms. The average molecular weight is 384 g/mol. The fourth-order valence-corrected chi connectivity index (χ4v) is 3.97. The van der Waals surface area contributed by atoms with Crippen LogP contribution >= 0.6 is 0 Å². The topological polar surface area (TPSA) is 50.7 Å². The molecule has 1 saturated carbocycles. The Kier molecular flexibility index (Phi) is 5.17. The van der Waals surface area contributed by atoms with Gasteiger partial charge in [0.25, 0.3) is 0 Å². The SMILES string of the molecule is COc1ccc(/C(C)=N/NC(=O)C2CC2(c2ccccc2)c2ccccc2)cc1. The Bertz CT molecular complexity index is 972. The van der Waals surface area contributed by atoms with Crippen molar-refractivity contribution >= 4 is 11.6 Å². The van der Waals surface area contributed by atoms with E-state index >= 15 is 0 Å². The molecule has 0 heterocycles. The number of rotatable bonds is 6. The lowest BCUT2D eigenvalue weighted by Crippen LogP contribution is -2.26. The zero-order chi connectivity index (χ0) is 20.3. The second-order valence-electron chi connectivity index (χ2n) is 7.36. The van der Waals surface area contributed by atoms with Gasteiger partial charge < -0.3 is 4.74 Å². The average Bonchev–Trinajstić information content (AvgIpc) is 3.56. The molecule has 0 spiro atoms. The van der Waals surface area contributed by atoms with Gasteiger partial charge in [0.2, 0.25) is 5.91 Å². The van der Waals surface area contributed by atoms with Gasteiger partial charge in [-0.15, -0.1) is 0 Å². The first-order valence-electron chi connectivity index (χ1n) is 9.75. The molecule has 3 aromatic rings. The van der Waals surface area contributed by atoms with E-state index < -0.39 is 0 Å². The summed E-state index contributed by atoms with van der Waals surface area (Å²) in [6.07, 6.45) is 0.782. The lowest BCUT2D eigenvalue weighted by molar-refractivity contribution is -0.122. The molecule has 0 aliphatic heterocycles. The fourth-order valence-electron chi connectivity index (χ4n) is 3.97. The summed E-state index contributed by atoms with van der Waals surface area (Å²) < 4.78 is 5.18. The number of methoxy groups -OCH3 is 1. The number of ether oxygens (including phenoxy) is 1. The van der Waals surface area contributed by atoms with Crippen molar-refractivity contribution in [2.45, 2.75) is 18.8 Å². The van der Waals surface area contributed by atoms with E-state index in [-0.39, 0.29) is 17.2 Å². The normalized spacial score (nSPS) is 17.4. The number of benzene rings is 3. The van der Waals surface area contributed by atoms with Crippen LogP contribution in [0.2, 0.25) is 0 Å². The molecule has 1 amide bonds. The van der Waals surface area contributed by atoms with Gasteiger partial charge in [0.1, 0.15) is 5.75 Å². The van der Waals surface area contributed by atoms with Crippen LogP contribution in [0.3, 0.4) is 0 Å². The Hall–Kier alpha value is -3.40. The summed E-state index contributed by atoms with van der Waals surface area (Å²) in [5.41, 5.74) is 6.54. The van der Waals surface area contributed by atoms with E-state index in [1.165, 1.54) is 11.1 Å². The summed E-state index contributed by atoms with van der Waals surface area (Å²) in [7, 11) is 1.64. The zero-order valence-corrected chi connectivity index (χ0v) is 16.6. The number of amides is 1. The van der Waals surface area contributed by atoms with Crippen molar-refractivity contribution < 1.29 is 9.53 Å². The van der Waals surface area contributed by atoms with Gasteiger partial charge in [-0.25, -0.2) is 5.43 Å². The molecule has 1 N–H and O–H groups in total. The molecule has 1 fully saturated rings. The van der Waals surface area contributed by atoms with Crippen LogP contribution < -0.4 is 10.2 Å². The van der Waals surface area contributed by atoms with Crippen molar-refractivity contribution in [2.24, 2.45) is 11.0 Å². The number of carbonyl (C=O) groups is 1. The van der Waals surface area contributed by atoms with E-state index in [4.69, 9.17) is 4.74 Å². The molecule has 4 nitrogen and oxygen atoms in total. The lowest BCUT2D eigenvalue weighted by Gasteiger charge is -2.18. The van der Waals surface area contributed by atoms with Gasteiger partial charge in [0.05, 0.1) is 18.7 Å². The Morgan fingerprint density at radius 1 is 0.931 bits per heavy atom. The van der Waals surface area contributed by atoms with Crippen molar-refractivity contribution in [3.63, 3.8) is 0 Å². The van der Waals surface area contributed by atoms with Crippen LogP contribution in [0.1, 0.15) is 30.0 Å². The van der Waals surface area contributed by atoms with Crippen molar-refractivity contribution in [1.29, 1.82) is 0 Å². The molecule has 1 atom stereocenters. The highest BCUT2D eigenvalue weighted by Crippen LogP contribution is 2.58. The molecule has 1 unspecified atom stereocenters. The summed E-state index contributed by atoms with van der Waals surface area (Å²) in [6, 6.07) is 28.1. The smallest absolute Gasteiger partial charge is 0.244 e. The number of hydrogen-bond donors (Lipinski definition) is 1. The van der Waals surface area contributed by atoms with Crippen molar-refractivity contribution in [2.75, 3.05) is 7.11 Å². The number of carbonyl (C=O) groups excluding carboxylic acids is 1. The van der Waals surface area contributed by atoms with Crippen LogP contribution in [0.5, 0.6) is 5.75 Å². The molecular formula is C25H24N2O2. The summed E-state index contributed by atoms with van der Waals surface area (Å²) in [4.78, 5) is 13.0. The van der Waals surface area contributed by atoms with Gasteiger partial charge in [-0.1, -0.05) is 60.7 Å². The Labute approximate surface area is 171 Å². The van der Waals surface area contributed by atoms with Crippen LogP contribution in [-0.4, -0.2) is 18.7 Å². The number of nitrogens with one attached hydrogen (secondary N) is 1. The monoisotopic (exact) mass is 384 g/mol. The highest BCUT2D eigenvalue weighted by atomic mass is 16.5. The highest BCUT2D eigenvalue weighted by molar-refractivity contribution is 5.99. The number of hydrazone groups is 1. The summed E-state index contributed by atoms with van der Waals surface area (Å²) in [6.45, 7) is 1.89. The largest absolute Gasteiger partial charge is 0.497 e. The maximum absolute atomic E-state index is 13.0. The highest BCUT2D eigenvalue weighted by Gasteiger charge is 2.60. The van der Waals surface area contributed by atoms with Gasteiger partial charge in [-0.3, -0.25) is 4.79 Å². The minimum Gasteiger partial charge on any atom is -0.497 e. The Morgan fingerprint density at radius 2 is 1.48 bits per heavy atom. The lowest BCUT2D eigenvalue weighted by atomic mass is 9.85. The minimum absolute atomic E-state index is 0.0504. The van der Waals surface area contributed by atoms with Crippen LogP contribution in [-0.2, 0) is 10.2 Å². The van der Waals surface area contributed by atoms with Crippen molar-refractivity contribution in [3.8, 4) is 5.75 Å². The fraction of sp³-hybridized carbons (Fsp3) is 0.200. The maximum atomic E-state index is 13.0. The molecule has 0 bridgehead atoms. The van der Waals surface area contributed by atoms with Crippen LogP contribution in [0.15, 0.2) is 90.0 Å². The quantitative estimate of drug-likeness (QED) is 0.501. The second kappa shape index (κ2) is 7.92. The predicted octanol–water partition coefficient (Wildman–Crippen LogP) is 4.54. The van der Waals surface area contributed by atoms with E-state index in [1.807, 2.05) is 67.6 Å². The minimum atomic E-state index is -0.282. The third kappa shape index (κ3) is 3.66. The van der Waals surface area contributed by atoms with Gasteiger partial charge in [-0.05, 0) is 54.3 Å². The van der Waals surface area contributed by atoms with Crippen molar-refractivity contribution in [1.82, 2.24) is 5.43 Å². The van der Waals surface area contributed by atoms with Crippen molar-refractivity contribution in [3.05, 3.63) is 102 Å². The van der Waals surface area contributed by atoms with Gasteiger partial charge in [-0.2, -0.15) is 5.10 Å². The first kappa shape index (κ1) is 18.9. The third-order valence-electron chi connectivity index (χ3n) is 5.70. The summed E-state index contributed by atoms with van der Waals surface area (Å²) in [5.74, 6) is 0.601. The molecular weight excluding hydrogens is 360 g/mol. The predicted molar refractivity (Wildman–Crippen MR) is 115 cm³/mol. The second-order valence-corrected chi connectivity index (χ2v) is 7.36. The molecule has 29 heavy (non-hydrogen) atoms. The first-order chi connectivity index (χ1) is 14.1. The van der Waals surface area contributed by atoms with E-state index in [1.54, 1.807) is 7.11 Å². The van der Waals surface area contributed by atoms with Crippen LogP contribution in [0, 0.1) is 5.92 Å². The van der Waals surface area contributed by atoms with Gasteiger partial charge in [0, 0.05) is 5.41 Å². The zero-order valence-electron chi connectivity index (χ0n) is 16.6.